The Morgan fingerprint density at radius 1 is 0.977 bits per heavy atom. The molecule has 0 saturated heterocycles. The van der Waals surface area contributed by atoms with Crippen LogP contribution >= 0.6 is 0 Å². The number of hydrogen-bond donors (Lipinski definition) is 0. The third kappa shape index (κ3) is 6.21. The molecule has 0 aliphatic carbocycles. The second-order valence-electron chi connectivity index (χ2n) is 10.5. The Balaban J connectivity index is 1.47. The molecule has 3 aromatic heterocycles. The summed E-state index contributed by atoms with van der Waals surface area (Å²) in [4.78, 5) is 38.5. The average molecular weight is 578 g/mol. The number of nitrogens with zero attached hydrogens (tertiary/aromatic N) is 7. The first kappa shape index (κ1) is 29.3. The molecule has 0 atom stereocenters. The SMILES string of the molecule is CCCCCn1c(-c2ccc(OCCN(C)c3ccccn3)cc2)nc2c1c(=O)n(Cc1ccccc1C#N)c(=O)n2C. The van der Waals surface area contributed by atoms with E-state index in [1.54, 1.807) is 37.5 Å². The Bertz CT molecular complexity index is 1870. The van der Waals surface area contributed by atoms with Gasteiger partial charge in [-0.1, -0.05) is 44.0 Å². The number of ether oxygens (including phenoxy) is 1. The van der Waals surface area contributed by atoms with Gasteiger partial charge in [0.15, 0.2) is 11.2 Å². The fourth-order valence-electron chi connectivity index (χ4n) is 5.10. The minimum absolute atomic E-state index is 0.00220. The van der Waals surface area contributed by atoms with Crippen molar-refractivity contribution >= 4 is 17.0 Å². The van der Waals surface area contributed by atoms with Crippen LogP contribution < -0.4 is 20.9 Å². The lowest BCUT2D eigenvalue weighted by Gasteiger charge is -2.18. The van der Waals surface area contributed by atoms with E-state index >= 15 is 0 Å². The fraction of sp³-hybridized carbons (Fsp3) is 0.303. The van der Waals surface area contributed by atoms with Crippen LogP contribution in [0.15, 0.2) is 82.5 Å². The smallest absolute Gasteiger partial charge is 0.332 e. The second kappa shape index (κ2) is 13.2. The number of fused-ring (bicyclic) bond motifs is 1. The molecule has 0 bridgehead atoms. The number of rotatable bonds is 12. The summed E-state index contributed by atoms with van der Waals surface area (Å²) >= 11 is 0. The predicted octanol–water partition coefficient (Wildman–Crippen LogP) is 4.58. The van der Waals surface area contributed by atoms with Crippen molar-refractivity contribution in [2.75, 3.05) is 25.1 Å². The molecule has 2 aromatic carbocycles. The van der Waals surface area contributed by atoms with Crippen molar-refractivity contribution in [2.45, 2.75) is 39.3 Å². The molecule has 0 spiro atoms. The number of nitriles is 1. The Morgan fingerprint density at radius 3 is 2.47 bits per heavy atom. The number of pyridine rings is 1. The van der Waals surface area contributed by atoms with Crippen molar-refractivity contribution in [3.63, 3.8) is 0 Å². The fourth-order valence-corrected chi connectivity index (χ4v) is 5.10. The molecule has 3 heterocycles. The van der Waals surface area contributed by atoms with E-state index < -0.39 is 11.2 Å². The number of imidazole rings is 1. The van der Waals surface area contributed by atoms with Gasteiger partial charge in [-0.3, -0.25) is 13.9 Å². The average Bonchev–Trinajstić information content (AvgIpc) is 3.42. The van der Waals surface area contributed by atoms with Gasteiger partial charge in [-0.2, -0.15) is 5.26 Å². The van der Waals surface area contributed by atoms with E-state index in [-0.39, 0.29) is 6.54 Å². The standard InChI is InChI=1S/C33H35N7O3/c1-4-5-10-19-39-29-31(38(3)33(42)40(32(29)41)23-26-12-7-6-11-25(26)22-34)36-30(39)24-14-16-27(17-15-24)43-21-20-37(2)28-13-8-9-18-35-28/h6-9,11-18H,4-5,10,19-21,23H2,1-3H3. The number of likely N-dealkylation sites (N-methyl/N-ethyl adjacent to an activating group) is 1. The van der Waals surface area contributed by atoms with Crippen LogP contribution in [0.4, 0.5) is 5.82 Å². The van der Waals surface area contributed by atoms with Crippen molar-refractivity contribution in [1.29, 1.82) is 5.26 Å². The molecule has 5 rings (SSSR count). The summed E-state index contributed by atoms with van der Waals surface area (Å²) in [6, 6.07) is 22.6. The molecule has 0 aliphatic heterocycles. The lowest BCUT2D eigenvalue weighted by atomic mass is 10.1. The van der Waals surface area contributed by atoms with Crippen molar-refractivity contribution in [3.8, 4) is 23.2 Å². The highest BCUT2D eigenvalue weighted by atomic mass is 16.5. The predicted molar refractivity (Wildman–Crippen MR) is 167 cm³/mol. The Labute approximate surface area is 250 Å². The molecule has 10 nitrogen and oxygen atoms in total. The zero-order valence-electron chi connectivity index (χ0n) is 24.7. The summed E-state index contributed by atoms with van der Waals surface area (Å²) in [6.45, 7) is 3.87. The maximum absolute atomic E-state index is 13.9. The van der Waals surface area contributed by atoms with E-state index in [2.05, 4.69) is 18.0 Å². The van der Waals surface area contributed by atoms with Crippen LogP contribution in [0.3, 0.4) is 0 Å². The van der Waals surface area contributed by atoms with Crippen LogP contribution in [0.5, 0.6) is 5.75 Å². The van der Waals surface area contributed by atoms with Crippen LogP contribution in [0.25, 0.3) is 22.6 Å². The van der Waals surface area contributed by atoms with Gasteiger partial charge in [0, 0.05) is 32.4 Å². The monoisotopic (exact) mass is 577 g/mol. The van der Waals surface area contributed by atoms with Crippen LogP contribution in [-0.2, 0) is 20.1 Å². The van der Waals surface area contributed by atoms with Gasteiger partial charge in [-0.15, -0.1) is 0 Å². The van der Waals surface area contributed by atoms with Crippen LogP contribution in [0.1, 0.15) is 37.3 Å². The Hall–Kier alpha value is -5.17. The number of aromatic nitrogens is 5. The van der Waals surface area contributed by atoms with Gasteiger partial charge in [0.05, 0.1) is 24.7 Å². The number of anilines is 1. The largest absolute Gasteiger partial charge is 0.492 e. The summed E-state index contributed by atoms with van der Waals surface area (Å²) in [5.41, 5.74) is 1.68. The zero-order chi connectivity index (χ0) is 30.3. The molecule has 43 heavy (non-hydrogen) atoms. The lowest BCUT2D eigenvalue weighted by Crippen LogP contribution is -2.40. The maximum Gasteiger partial charge on any atom is 0.332 e. The van der Waals surface area contributed by atoms with E-state index in [4.69, 9.17) is 9.72 Å². The molecule has 0 saturated carbocycles. The van der Waals surface area contributed by atoms with E-state index in [9.17, 15) is 14.9 Å². The van der Waals surface area contributed by atoms with Gasteiger partial charge in [-0.05, 0) is 54.4 Å². The molecular weight excluding hydrogens is 542 g/mol. The summed E-state index contributed by atoms with van der Waals surface area (Å²) in [5.74, 6) is 2.22. The van der Waals surface area contributed by atoms with Crippen molar-refractivity contribution in [3.05, 3.63) is 105 Å². The first-order chi connectivity index (χ1) is 20.9. The quantitative estimate of drug-likeness (QED) is 0.200. The van der Waals surface area contributed by atoms with Gasteiger partial charge in [-0.25, -0.2) is 14.8 Å². The van der Waals surface area contributed by atoms with Gasteiger partial charge in [0.1, 0.15) is 24.0 Å². The van der Waals surface area contributed by atoms with E-state index in [0.717, 1.165) is 36.4 Å². The highest BCUT2D eigenvalue weighted by Gasteiger charge is 2.21. The van der Waals surface area contributed by atoms with Gasteiger partial charge >= 0.3 is 5.69 Å². The third-order valence-electron chi connectivity index (χ3n) is 7.53. The topological polar surface area (TPSA) is 111 Å². The van der Waals surface area contributed by atoms with Gasteiger partial charge in [0.25, 0.3) is 5.56 Å². The molecular formula is C33H35N7O3. The van der Waals surface area contributed by atoms with Crippen LogP contribution in [0, 0.1) is 11.3 Å². The van der Waals surface area contributed by atoms with Gasteiger partial charge < -0.3 is 14.2 Å². The normalized spacial score (nSPS) is 11.0. The third-order valence-corrected chi connectivity index (χ3v) is 7.53. The first-order valence-corrected chi connectivity index (χ1v) is 14.5. The number of unbranched alkanes of at least 4 members (excludes halogenated alkanes) is 2. The molecule has 0 unspecified atom stereocenters. The van der Waals surface area contributed by atoms with Crippen molar-refractivity contribution < 1.29 is 4.74 Å². The Morgan fingerprint density at radius 2 is 1.74 bits per heavy atom. The molecule has 0 amide bonds. The minimum atomic E-state index is -0.477. The lowest BCUT2D eigenvalue weighted by molar-refractivity contribution is 0.325. The maximum atomic E-state index is 13.9. The van der Waals surface area contributed by atoms with Crippen molar-refractivity contribution in [1.82, 2.24) is 23.7 Å². The van der Waals surface area contributed by atoms with Gasteiger partial charge in [0.2, 0.25) is 0 Å². The number of hydrogen-bond acceptors (Lipinski definition) is 7. The molecule has 10 heteroatoms. The molecule has 5 aromatic rings. The highest BCUT2D eigenvalue weighted by molar-refractivity contribution is 5.77. The zero-order valence-corrected chi connectivity index (χ0v) is 24.7. The summed E-state index contributed by atoms with van der Waals surface area (Å²) in [6.07, 6.45) is 4.65. The number of aryl methyl sites for hydroxylation is 2. The van der Waals surface area contributed by atoms with Crippen LogP contribution in [-0.4, -0.2) is 43.9 Å². The highest BCUT2D eigenvalue weighted by Crippen LogP contribution is 2.26. The van der Waals surface area contributed by atoms with Crippen molar-refractivity contribution in [2.24, 2.45) is 7.05 Å². The first-order valence-electron chi connectivity index (χ1n) is 14.5. The number of benzene rings is 2. The summed E-state index contributed by atoms with van der Waals surface area (Å²) < 4.78 is 10.5. The molecule has 0 N–H and O–H groups in total. The summed E-state index contributed by atoms with van der Waals surface area (Å²) in [5, 5.41) is 9.55. The summed E-state index contributed by atoms with van der Waals surface area (Å²) in [7, 11) is 3.60. The van der Waals surface area contributed by atoms with Crippen LogP contribution in [0.2, 0.25) is 0 Å². The van der Waals surface area contributed by atoms with E-state index in [1.807, 2.05) is 59.0 Å². The molecule has 0 radical (unpaired) electrons. The Kier molecular flexibility index (Phi) is 9.01. The second-order valence-corrected chi connectivity index (χ2v) is 10.5. The minimum Gasteiger partial charge on any atom is -0.492 e. The van der Waals surface area contributed by atoms with E-state index in [1.165, 1.54) is 9.13 Å². The molecule has 0 fully saturated rings. The van der Waals surface area contributed by atoms with E-state index in [0.29, 0.717) is 47.8 Å². The molecule has 220 valence electrons. The molecule has 0 aliphatic rings.